The van der Waals surface area contributed by atoms with Crippen molar-refractivity contribution in [2.24, 2.45) is 0 Å². The number of rotatable bonds is 5. The van der Waals surface area contributed by atoms with Crippen molar-refractivity contribution >= 4 is 16.7 Å². The first kappa shape index (κ1) is 21.9. The number of benzene rings is 1. The minimum absolute atomic E-state index is 0.0632. The van der Waals surface area contributed by atoms with E-state index in [0.717, 1.165) is 66.2 Å². The van der Waals surface area contributed by atoms with Crippen molar-refractivity contribution in [2.45, 2.75) is 50.9 Å². The summed E-state index contributed by atoms with van der Waals surface area (Å²) in [5, 5.41) is 14.9. The van der Waals surface area contributed by atoms with Gasteiger partial charge in [0.05, 0.1) is 37.1 Å². The molecule has 3 saturated heterocycles. The zero-order valence-corrected chi connectivity index (χ0v) is 19.7. The van der Waals surface area contributed by atoms with Gasteiger partial charge in [-0.25, -0.2) is 19.0 Å². The number of aromatic nitrogens is 4. The molecular weight excluding hydrogens is 435 g/mol. The molecule has 9 heteroatoms. The number of ether oxygens (including phenoxy) is 1. The Kier molecular flexibility index (Phi) is 5.50. The molecule has 0 spiro atoms. The molecule has 1 N–H and O–H groups in total. The normalized spacial score (nSPS) is 27.2. The number of piperidine rings is 1. The van der Waals surface area contributed by atoms with E-state index in [1.165, 1.54) is 0 Å². The maximum atomic E-state index is 15.2. The standard InChI is InChI=1S/C25H31FN6O2/c1-15-7-17-11-27-32(23(17)9-21(15)20-3-4-30(5-6-33)13-22(20)26)25-10-24(28-16(2)29-25)31-12-19-8-18(31)14-34-19/h7,9-11,18-20,22,33H,3-6,8,12-14H2,1-2H3/t18-,19-,20?,22?/m1/s1. The van der Waals surface area contributed by atoms with Gasteiger partial charge in [0.15, 0.2) is 5.82 Å². The van der Waals surface area contributed by atoms with E-state index in [2.05, 4.69) is 29.1 Å². The highest BCUT2D eigenvalue weighted by molar-refractivity contribution is 5.82. The van der Waals surface area contributed by atoms with Crippen LogP contribution in [0.1, 0.15) is 35.7 Å². The smallest absolute Gasteiger partial charge is 0.159 e. The molecule has 3 aromatic rings. The highest BCUT2D eigenvalue weighted by atomic mass is 19.1. The fourth-order valence-electron chi connectivity index (χ4n) is 5.92. The zero-order chi connectivity index (χ0) is 23.4. The van der Waals surface area contributed by atoms with E-state index in [4.69, 9.17) is 14.7 Å². The zero-order valence-electron chi connectivity index (χ0n) is 19.7. The van der Waals surface area contributed by atoms with Crippen LogP contribution < -0.4 is 4.90 Å². The molecule has 1 aromatic carbocycles. The molecule has 34 heavy (non-hydrogen) atoms. The molecule has 6 rings (SSSR count). The number of anilines is 1. The van der Waals surface area contributed by atoms with Crippen LogP contribution in [0.3, 0.4) is 0 Å². The number of β-amino-alcohol motifs (C(OH)–C–C–N with tert-alkyl or cyclic N) is 1. The first-order chi connectivity index (χ1) is 16.5. The third-order valence-corrected chi connectivity index (χ3v) is 7.62. The minimum atomic E-state index is -0.964. The Balaban J connectivity index is 1.36. The summed E-state index contributed by atoms with van der Waals surface area (Å²) in [7, 11) is 0. The van der Waals surface area contributed by atoms with Crippen molar-refractivity contribution in [3.8, 4) is 5.82 Å². The van der Waals surface area contributed by atoms with E-state index < -0.39 is 6.17 Å². The van der Waals surface area contributed by atoms with Crippen molar-refractivity contribution < 1.29 is 14.2 Å². The Hall–Kier alpha value is -2.62. The lowest BCUT2D eigenvalue weighted by molar-refractivity contribution is 0.0988. The Labute approximate surface area is 198 Å². The number of likely N-dealkylation sites (tertiary alicyclic amines) is 1. The molecule has 0 aliphatic carbocycles. The van der Waals surface area contributed by atoms with Gasteiger partial charge in [0.1, 0.15) is 17.8 Å². The summed E-state index contributed by atoms with van der Waals surface area (Å²) in [6.45, 7) is 7.31. The number of aliphatic hydroxyl groups excluding tert-OH is 1. The molecular formula is C25H31FN6O2. The molecule has 8 nitrogen and oxygen atoms in total. The average Bonchev–Trinajstić information content (AvgIpc) is 3.54. The van der Waals surface area contributed by atoms with Crippen molar-refractivity contribution in [2.75, 3.05) is 44.3 Å². The Morgan fingerprint density at radius 1 is 1.15 bits per heavy atom. The molecule has 3 aliphatic rings. The Morgan fingerprint density at radius 3 is 2.74 bits per heavy atom. The maximum Gasteiger partial charge on any atom is 0.159 e. The van der Waals surface area contributed by atoms with E-state index in [1.807, 2.05) is 28.8 Å². The topological polar surface area (TPSA) is 79.5 Å². The molecule has 3 fully saturated rings. The number of aliphatic hydroxyl groups is 1. The van der Waals surface area contributed by atoms with Crippen molar-refractivity contribution in [3.05, 3.63) is 41.3 Å². The van der Waals surface area contributed by atoms with E-state index in [0.29, 0.717) is 25.0 Å². The molecule has 2 aromatic heterocycles. The van der Waals surface area contributed by atoms with E-state index >= 15 is 4.39 Å². The number of halogens is 1. The van der Waals surface area contributed by atoms with Gasteiger partial charge in [-0.05, 0) is 56.5 Å². The van der Waals surface area contributed by atoms with Crippen LogP contribution in [-0.2, 0) is 4.74 Å². The van der Waals surface area contributed by atoms with Gasteiger partial charge >= 0.3 is 0 Å². The van der Waals surface area contributed by atoms with Gasteiger partial charge in [-0.1, -0.05) is 0 Å². The minimum Gasteiger partial charge on any atom is -0.395 e. The maximum absolute atomic E-state index is 15.2. The summed E-state index contributed by atoms with van der Waals surface area (Å²) >= 11 is 0. The number of fused-ring (bicyclic) bond motifs is 3. The van der Waals surface area contributed by atoms with Gasteiger partial charge in [0.25, 0.3) is 0 Å². The summed E-state index contributed by atoms with van der Waals surface area (Å²) in [5.41, 5.74) is 3.05. The predicted octanol–water partition coefficient (Wildman–Crippen LogP) is 2.53. The van der Waals surface area contributed by atoms with E-state index in [-0.39, 0.29) is 18.6 Å². The van der Waals surface area contributed by atoms with Crippen LogP contribution in [-0.4, -0.2) is 87.5 Å². The number of morpholine rings is 1. The summed E-state index contributed by atoms with van der Waals surface area (Å²) in [4.78, 5) is 13.7. The molecule has 3 aliphatic heterocycles. The van der Waals surface area contributed by atoms with Crippen LogP contribution in [0, 0.1) is 13.8 Å². The molecule has 0 saturated carbocycles. The second-order valence-electron chi connectivity index (χ2n) is 9.89. The SMILES string of the molecule is Cc1nc(N2C[C@H]3C[C@@H]2CO3)cc(-n2ncc3cc(C)c(C4CCN(CCO)CC4F)cc32)n1. The lowest BCUT2D eigenvalue weighted by Crippen LogP contribution is -2.42. The van der Waals surface area contributed by atoms with Crippen LogP contribution in [0.25, 0.3) is 16.7 Å². The third-order valence-electron chi connectivity index (χ3n) is 7.62. The summed E-state index contributed by atoms with van der Waals surface area (Å²) in [6, 6.07) is 6.57. The number of nitrogens with zero attached hydrogens (tertiary/aromatic N) is 6. The molecule has 2 unspecified atom stereocenters. The van der Waals surface area contributed by atoms with Gasteiger partial charge in [-0.3, -0.25) is 4.90 Å². The van der Waals surface area contributed by atoms with Crippen molar-refractivity contribution in [1.29, 1.82) is 0 Å². The third kappa shape index (κ3) is 3.76. The fraction of sp³-hybridized carbons (Fsp3) is 0.560. The number of alkyl halides is 1. The second-order valence-corrected chi connectivity index (χ2v) is 9.89. The Morgan fingerprint density at radius 2 is 2.00 bits per heavy atom. The van der Waals surface area contributed by atoms with Crippen LogP contribution in [0.15, 0.2) is 24.4 Å². The molecule has 2 bridgehead atoms. The van der Waals surface area contributed by atoms with Crippen LogP contribution in [0.4, 0.5) is 10.2 Å². The van der Waals surface area contributed by atoms with Crippen molar-refractivity contribution in [1.82, 2.24) is 24.6 Å². The largest absolute Gasteiger partial charge is 0.395 e. The number of hydrogen-bond donors (Lipinski definition) is 1. The predicted molar refractivity (Wildman–Crippen MR) is 127 cm³/mol. The lowest BCUT2D eigenvalue weighted by Gasteiger charge is -2.35. The highest BCUT2D eigenvalue weighted by Crippen LogP contribution is 2.36. The molecule has 0 amide bonds. The van der Waals surface area contributed by atoms with Gasteiger partial charge in [0.2, 0.25) is 0 Å². The van der Waals surface area contributed by atoms with Crippen molar-refractivity contribution in [3.63, 3.8) is 0 Å². The van der Waals surface area contributed by atoms with Crippen LogP contribution in [0.5, 0.6) is 0 Å². The lowest BCUT2D eigenvalue weighted by atomic mass is 9.85. The molecule has 4 atom stereocenters. The van der Waals surface area contributed by atoms with Gasteiger partial charge < -0.3 is 14.7 Å². The summed E-state index contributed by atoms with van der Waals surface area (Å²) in [5.74, 6) is 2.18. The van der Waals surface area contributed by atoms with Gasteiger partial charge in [0, 0.05) is 37.0 Å². The monoisotopic (exact) mass is 466 g/mol. The fourth-order valence-corrected chi connectivity index (χ4v) is 5.92. The van der Waals surface area contributed by atoms with Crippen LogP contribution >= 0.6 is 0 Å². The summed E-state index contributed by atoms with van der Waals surface area (Å²) in [6.07, 6.45) is 2.96. The first-order valence-electron chi connectivity index (χ1n) is 12.2. The highest BCUT2D eigenvalue weighted by Gasteiger charge is 2.40. The summed E-state index contributed by atoms with van der Waals surface area (Å²) < 4.78 is 22.8. The van der Waals surface area contributed by atoms with Gasteiger partial charge in [-0.2, -0.15) is 5.10 Å². The number of aryl methyl sites for hydroxylation is 2. The Bertz CT molecular complexity index is 1220. The van der Waals surface area contributed by atoms with Gasteiger partial charge in [-0.15, -0.1) is 0 Å². The average molecular weight is 467 g/mol. The van der Waals surface area contributed by atoms with E-state index in [1.54, 1.807) is 0 Å². The molecule has 180 valence electrons. The van der Waals surface area contributed by atoms with E-state index in [9.17, 15) is 5.11 Å². The quantitative estimate of drug-likeness (QED) is 0.619. The first-order valence-corrected chi connectivity index (χ1v) is 12.2. The van der Waals surface area contributed by atoms with Crippen LogP contribution in [0.2, 0.25) is 0 Å². The second kappa shape index (κ2) is 8.55. The molecule has 5 heterocycles. The molecule has 0 radical (unpaired) electrons. The number of hydrogen-bond acceptors (Lipinski definition) is 7.